The molecule has 0 saturated carbocycles. The maximum atomic E-state index is 12.1. The number of anilines is 1. The normalized spacial score (nSPS) is 15.7. The van der Waals surface area contributed by atoms with Crippen molar-refractivity contribution in [2.75, 3.05) is 38.1 Å². The number of hydrogen-bond donors (Lipinski definition) is 1. The van der Waals surface area contributed by atoms with Crippen LogP contribution in [0.4, 0.5) is 10.6 Å². The lowest BCUT2D eigenvalue weighted by atomic mass is 9.97. The zero-order valence-corrected chi connectivity index (χ0v) is 23.4. The van der Waals surface area contributed by atoms with E-state index in [0.717, 1.165) is 59.6 Å². The van der Waals surface area contributed by atoms with Crippen molar-refractivity contribution in [1.82, 2.24) is 19.6 Å². The number of hydrogen-bond acceptors (Lipinski definition) is 6. The van der Waals surface area contributed by atoms with Crippen LogP contribution in [0.3, 0.4) is 0 Å². The fourth-order valence-electron chi connectivity index (χ4n) is 5.49. The van der Waals surface area contributed by atoms with Crippen LogP contribution in [0.15, 0.2) is 54.6 Å². The van der Waals surface area contributed by atoms with Gasteiger partial charge in [0.05, 0.1) is 16.6 Å². The highest BCUT2D eigenvalue weighted by molar-refractivity contribution is 5.92. The van der Waals surface area contributed by atoms with Crippen molar-refractivity contribution in [3.05, 3.63) is 65.7 Å². The summed E-state index contributed by atoms with van der Waals surface area (Å²) in [6.45, 7) is 10.6. The van der Waals surface area contributed by atoms with Gasteiger partial charge < -0.3 is 15.0 Å². The Morgan fingerprint density at radius 1 is 1.18 bits per heavy atom. The summed E-state index contributed by atoms with van der Waals surface area (Å²) >= 11 is 0. The molecule has 0 unspecified atom stereocenters. The average Bonchev–Trinajstić information content (AvgIpc) is 3.53. The Labute approximate surface area is 229 Å². The molecule has 39 heavy (non-hydrogen) atoms. The first-order valence-corrected chi connectivity index (χ1v) is 13.5. The van der Waals surface area contributed by atoms with Gasteiger partial charge in [-0.15, -0.1) is 0 Å². The largest absolute Gasteiger partial charge is 0.444 e. The number of ether oxygens (including phenoxy) is 1. The van der Waals surface area contributed by atoms with E-state index < -0.39 is 5.60 Å². The van der Waals surface area contributed by atoms with Gasteiger partial charge in [-0.05, 0) is 64.4 Å². The van der Waals surface area contributed by atoms with Crippen LogP contribution in [0.25, 0.3) is 27.8 Å². The summed E-state index contributed by atoms with van der Waals surface area (Å²) in [5, 5.41) is 13.1. The molecule has 5 rings (SSSR count). The van der Waals surface area contributed by atoms with Gasteiger partial charge in [0.25, 0.3) is 0 Å². The van der Waals surface area contributed by atoms with E-state index in [1.807, 2.05) is 64.1 Å². The first-order valence-electron chi connectivity index (χ1n) is 13.5. The highest BCUT2D eigenvalue weighted by Gasteiger charge is 2.31. The second kappa shape index (κ2) is 10.6. The van der Waals surface area contributed by atoms with E-state index in [-0.39, 0.29) is 6.09 Å². The van der Waals surface area contributed by atoms with Crippen molar-refractivity contribution in [3.8, 4) is 17.2 Å². The smallest absolute Gasteiger partial charge is 0.407 e. The summed E-state index contributed by atoms with van der Waals surface area (Å²) in [5.74, 6) is 1.07. The lowest BCUT2D eigenvalue weighted by Crippen LogP contribution is -2.41. The number of nitriles is 1. The van der Waals surface area contributed by atoms with Gasteiger partial charge in [0, 0.05) is 37.8 Å². The molecular weight excluding hydrogens is 488 g/mol. The summed E-state index contributed by atoms with van der Waals surface area (Å²) in [6, 6.07) is 21.2. The van der Waals surface area contributed by atoms with Crippen molar-refractivity contribution in [3.63, 3.8) is 0 Å². The van der Waals surface area contributed by atoms with Gasteiger partial charge in [0.2, 0.25) is 0 Å². The molecule has 8 heteroatoms. The molecule has 4 aromatic rings. The van der Waals surface area contributed by atoms with Crippen LogP contribution in [0, 0.1) is 18.3 Å². The SMILES string of the molecule is Cc1c(-c2ccccc2)c(N2CC[C@H](N(C)CCNC(=O)OC(C)(C)C)C2)n2c(nc3ccccc32)c1C#N. The molecule has 2 aromatic heterocycles. The zero-order valence-electron chi connectivity index (χ0n) is 23.4. The molecule has 1 amide bonds. The Balaban J connectivity index is 1.49. The van der Waals surface area contributed by atoms with Crippen molar-refractivity contribution < 1.29 is 9.53 Å². The van der Waals surface area contributed by atoms with Crippen LogP contribution >= 0.6 is 0 Å². The first kappa shape index (κ1) is 26.5. The van der Waals surface area contributed by atoms with Crippen LogP contribution in [-0.2, 0) is 4.74 Å². The molecule has 1 fully saturated rings. The lowest BCUT2D eigenvalue weighted by molar-refractivity contribution is 0.0521. The number of alkyl carbamates (subject to hydrolysis) is 1. The van der Waals surface area contributed by atoms with Crippen molar-refractivity contribution >= 4 is 28.6 Å². The van der Waals surface area contributed by atoms with Gasteiger partial charge >= 0.3 is 6.09 Å². The Hall–Kier alpha value is -4.09. The van der Waals surface area contributed by atoms with Crippen LogP contribution in [-0.4, -0.2) is 65.2 Å². The number of nitrogens with one attached hydrogen (secondary N) is 1. The molecule has 1 atom stereocenters. The number of carbonyl (C=O) groups is 1. The number of amides is 1. The fraction of sp³-hybridized carbons (Fsp3) is 0.387. The minimum Gasteiger partial charge on any atom is -0.444 e. The van der Waals surface area contributed by atoms with E-state index in [9.17, 15) is 10.1 Å². The maximum Gasteiger partial charge on any atom is 0.407 e. The average molecular weight is 525 g/mol. The number of para-hydroxylation sites is 2. The number of carbonyl (C=O) groups excluding carboxylic acids is 1. The monoisotopic (exact) mass is 524 g/mol. The van der Waals surface area contributed by atoms with Gasteiger partial charge in [-0.3, -0.25) is 9.30 Å². The summed E-state index contributed by atoms with van der Waals surface area (Å²) < 4.78 is 7.54. The Morgan fingerprint density at radius 2 is 1.90 bits per heavy atom. The summed E-state index contributed by atoms with van der Waals surface area (Å²) in [6.07, 6.45) is 0.600. The van der Waals surface area contributed by atoms with Gasteiger partial charge in [0.1, 0.15) is 17.5 Å². The fourth-order valence-corrected chi connectivity index (χ4v) is 5.49. The Morgan fingerprint density at radius 3 is 2.62 bits per heavy atom. The number of benzene rings is 2. The highest BCUT2D eigenvalue weighted by Crippen LogP contribution is 2.40. The van der Waals surface area contributed by atoms with Crippen molar-refractivity contribution in [2.24, 2.45) is 0 Å². The van der Waals surface area contributed by atoms with Gasteiger partial charge in [-0.2, -0.15) is 5.26 Å². The van der Waals surface area contributed by atoms with E-state index in [4.69, 9.17) is 9.72 Å². The minimum atomic E-state index is -0.513. The molecule has 0 aliphatic carbocycles. The third-order valence-corrected chi connectivity index (χ3v) is 7.36. The third kappa shape index (κ3) is 5.27. The third-order valence-electron chi connectivity index (χ3n) is 7.36. The quantitative estimate of drug-likeness (QED) is 0.365. The standard InChI is InChI=1S/C31H36N6O2/c1-21-24(19-32)28-34-25-13-9-10-14-26(25)37(28)29(27(21)22-11-7-6-8-12-22)36-17-15-23(20-36)35(5)18-16-33-30(38)39-31(2,3)4/h6-14,23H,15-18,20H2,1-5H3,(H,33,38)/t23-/m0/s1. The predicted molar refractivity (Wildman–Crippen MR) is 155 cm³/mol. The molecule has 202 valence electrons. The van der Waals surface area contributed by atoms with Crippen LogP contribution in [0.1, 0.15) is 38.3 Å². The maximum absolute atomic E-state index is 12.1. The summed E-state index contributed by atoms with van der Waals surface area (Å²) in [5.41, 5.74) is 5.76. The number of rotatable bonds is 6. The van der Waals surface area contributed by atoms with Crippen molar-refractivity contribution in [2.45, 2.75) is 45.8 Å². The topological polar surface area (TPSA) is 85.9 Å². The minimum absolute atomic E-state index is 0.315. The Bertz CT molecular complexity index is 1550. The second-order valence-electron chi connectivity index (χ2n) is 11.2. The van der Waals surface area contributed by atoms with Gasteiger partial charge in [-0.1, -0.05) is 42.5 Å². The Kier molecular flexibility index (Phi) is 7.19. The molecular formula is C31H36N6O2. The molecule has 1 aliphatic heterocycles. The number of pyridine rings is 1. The summed E-state index contributed by atoms with van der Waals surface area (Å²) in [7, 11) is 2.11. The molecule has 8 nitrogen and oxygen atoms in total. The number of likely N-dealkylation sites (N-methyl/N-ethyl adjacent to an activating group) is 1. The molecule has 3 heterocycles. The van der Waals surface area contributed by atoms with Crippen molar-refractivity contribution in [1.29, 1.82) is 5.26 Å². The second-order valence-corrected chi connectivity index (χ2v) is 11.2. The van der Waals surface area contributed by atoms with Crippen LogP contribution < -0.4 is 10.2 Å². The number of imidazole rings is 1. The molecule has 0 radical (unpaired) electrons. The van der Waals surface area contributed by atoms with Gasteiger partial charge in [0.15, 0.2) is 5.65 Å². The lowest BCUT2D eigenvalue weighted by Gasteiger charge is -2.28. The van der Waals surface area contributed by atoms with E-state index in [2.05, 4.69) is 50.8 Å². The number of nitrogens with zero attached hydrogens (tertiary/aromatic N) is 5. The van der Waals surface area contributed by atoms with E-state index in [0.29, 0.717) is 23.8 Å². The number of aromatic nitrogens is 2. The van der Waals surface area contributed by atoms with E-state index >= 15 is 0 Å². The predicted octanol–water partition coefficient (Wildman–Crippen LogP) is 5.37. The van der Waals surface area contributed by atoms with Crippen LogP contribution in [0.5, 0.6) is 0 Å². The highest BCUT2D eigenvalue weighted by atomic mass is 16.6. The summed E-state index contributed by atoms with van der Waals surface area (Å²) in [4.78, 5) is 21.7. The molecule has 0 bridgehead atoms. The molecule has 1 N–H and O–H groups in total. The number of fused-ring (bicyclic) bond motifs is 3. The van der Waals surface area contributed by atoms with Gasteiger partial charge in [-0.25, -0.2) is 9.78 Å². The molecule has 0 spiro atoms. The molecule has 1 saturated heterocycles. The molecule has 2 aromatic carbocycles. The zero-order chi connectivity index (χ0) is 27.7. The van der Waals surface area contributed by atoms with E-state index in [1.54, 1.807) is 0 Å². The van der Waals surface area contributed by atoms with E-state index in [1.165, 1.54) is 0 Å². The van der Waals surface area contributed by atoms with Crippen LogP contribution in [0.2, 0.25) is 0 Å². The molecule has 1 aliphatic rings. The first-order chi connectivity index (χ1) is 18.7.